The highest BCUT2D eigenvalue weighted by Crippen LogP contribution is 2.36. The molecular formula is C28H22BrNO2. The summed E-state index contributed by atoms with van der Waals surface area (Å²) in [6, 6.07) is 29.3. The molecule has 0 saturated heterocycles. The van der Waals surface area contributed by atoms with Crippen LogP contribution in [0.4, 0.5) is 0 Å². The molecule has 0 saturated carbocycles. The summed E-state index contributed by atoms with van der Waals surface area (Å²) < 4.78 is 14.3. The highest BCUT2D eigenvalue weighted by atomic mass is 79.9. The van der Waals surface area contributed by atoms with E-state index < -0.39 is 0 Å². The maximum atomic E-state index is 5.48. The molecule has 3 nitrogen and oxygen atoms in total. The van der Waals surface area contributed by atoms with Crippen molar-refractivity contribution in [1.29, 1.82) is 0 Å². The molecule has 0 aliphatic carbocycles. The van der Waals surface area contributed by atoms with Crippen molar-refractivity contribution in [2.24, 2.45) is 0 Å². The first kappa shape index (κ1) is 20.4. The third-order valence-corrected chi connectivity index (χ3v) is 6.20. The van der Waals surface area contributed by atoms with Gasteiger partial charge in [-0.05, 0) is 71.8 Å². The van der Waals surface area contributed by atoms with Crippen molar-refractivity contribution in [3.05, 3.63) is 101 Å². The Morgan fingerprint density at radius 2 is 1.09 bits per heavy atom. The number of ether oxygens (including phenoxy) is 2. The zero-order valence-electron chi connectivity index (χ0n) is 17.9. The number of hydrogen-bond donors (Lipinski definition) is 0. The Morgan fingerprint density at radius 1 is 0.625 bits per heavy atom. The van der Waals surface area contributed by atoms with E-state index in [0.717, 1.165) is 49.0 Å². The fraction of sp³-hybridized carbons (Fsp3) is 0.0714. The van der Waals surface area contributed by atoms with Gasteiger partial charge in [0.25, 0.3) is 0 Å². The quantitative estimate of drug-likeness (QED) is 0.238. The topological polar surface area (TPSA) is 23.4 Å². The zero-order chi connectivity index (χ0) is 22.1. The maximum absolute atomic E-state index is 5.48. The highest BCUT2D eigenvalue weighted by Gasteiger charge is 2.14. The second kappa shape index (κ2) is 8.56. The summed E-state index contributed by atoms with van der Waals surface area (Å²) in [7, 11) is 3.39. The van der Waals surface area contributed by atoms with Crippen LogP contribution >= 0.6 is 15.9 Å². The summed E-state index contributed by atoms with van der Waals surface area (Å²) in [6.45, 7) is 0. The Balaban J connectivity index is 1.58. The summed E-state index contributed by atoms with van der Waals surface area (Å²) in [5, 5.41) is 2.27. The van der Waals surface area contributed by atoms with E-state index in [4.69, 9.17) is 9.47 Å². The van der Waals surface area contributed by atoms with Crippen LogP contribution in [0.1, 0.15) is 11.1 Å². The molecule has 0 aliphatic rings. The predicted molar refractivity (Wildman–Crippen MR) is 137 cm³/mol. The molecule has 0 radical (unpaired) electrons. The molecule has 32 heavy (non-hydrogen) atoms. The van der Waals surface area contributed by atoms with Crippen LogP contribution < -0.4 is 9.47 Å². The zero-order valence-corrected chi connectivity index (χ0v) is 19.5. The van der Waals surface area contributed by atoms with Crippen LogP contribution in [-0.2, 0) is 0 Å². The van der Waals surface area contributed by atoms with Crippen LogP contribution in [0.25, 0.3) is 39.6 Å². The molecule has 4 aromatic carbocycles. The lowest BCUT2D eigenvalue weighted by molar-refractivity contribution is 0.415. The molecule has 1 aromatic heterocycles. The molecule has 158 valence electrons. The molecule has 0 unspecified atom stereocenters. The molecule has 0 bridgehead atoms. The van der Waals surface area contributed by atoms with Crippen LogP contribution in [0.3, 0.4) is 0 Å². The van der Waals surface area contributed by atoms with Crippen molar-refractivity contribution in [3.63, 3.8) is 0 Å². The number of nitrogens with zero attached hydrogens (tertiary/aromatic N) is 1. The molecule has 0 atom stereocenters. The summed E-state index contributed by atoms with van der Waals surface area (Å²) in [4.78, 5) is 0. The molecule has 5 aromatic rings. The smallest absolute Gasteiger partial charge is 0.119 e. The first-order valence-corrected chi connectivity index (χ1v) is 11.2. The number of methoxy groups -OCH3 is 2. The second-order valence-electron chi connectivity index (χ2n) is 7.58. The number of benzene rings is 4. The van der Waals surface area contributed by atoms with Crippen molar-refractivity contribution >= 4 is 49.9 Å². The van der Waals surface area contributed by atoms with Crippen LogP contribution in [0, 0.1) is 0 Å². The third kappa shape index (κ3) is 3.78. The van der Waals surface area contributed by atoms with E-state index in [2.05, 4.69) is 105 Å². The molecule has 0 fully saturated rings. The molecular weight excluding hydrogens is 462 g/mol. The molecule has 1 heterocycles. The van der Waals surface area contributed by atoms with Gasteiger partial charge in [0.05, 0.1) is 25.3 Å². The minimum atomic E-state index is 0.841. The fourth-order valence-corrected chi connectivity index (χ4v) is 4.28. The van der Waals surface area contributed by atoms with Gasteiger partial charge < -0.3 is 14.0 Å². The summed E-state index contributed by atoms with van der Waals surface area (Å²) in [6.07, 6.45) is 4.26. The van der Waals surface area contributed by atoms with Gasteiger partial charge in [0.1, 0.15) is 11.5 Å². The van der Waals surface area contributed by atoms with E-state index in [1.165, 1.54) is 5.56 Å². The molecule has 5 rings (SSSR count). The molecule has 0 aliphatic heterocycles. The van der Waals surface area contributed by atoms with Gasteiger partial charge >= 0.3 is 0 Å². The van der Waals surface area contributed by atoms with E-state index in [9.17, 15) is 0 Å². The normalized spacial score (nSPS) is 11.5. The summed E-state index contributed by atoms with van der Waals surface area (Å²) >= 11 is 3.48. The number of fused-ring (bicyclic) bond motifs is 3. The minimum Gasteiger partial charge on any atom is -0.497 e. The molecule has 4 heteroatoms. The van der Waals surface area contributed by atoms with Crippen LogP contribution in [0.2, 0.25) is 0 Å². The lowest BCUT2D eigenvalue weighted by Crippen LogP contribution is -1.94. The number of rotatable bonds is 5. The van der Waals surface area contributed by atoms with Crippen molar-refractivity contribution in [2.45, 2.75) is 0 Å². The van der Waals surface area contributed by atoms with E-state index in [-0.39, 0.29) is 0 Å². The molecule has 0 spiro atoms. The van der Waals surface area contributed by atoms with E-state index in [1.54, 1.807) is 14.2 Å². The van der Waals surface area contributed by atoms with Gasteiger partial charge in [-0.2, -0.15) is 0 Å². The predicted octanol–water partition coefficient (Wildman–Crippen LogP) is 7.73. The second-order valence-corrected chi connectivity index (χ2v) is 8.49. The first-order valence-electron chi connectivity index (χ1n) is 10.4. The number of hydrogen-bond acceptors (Lipinski definition) is 2. The first-order chi connectivity index (χ1) is 15.7. The van der Waals surface area contributed by atoms with E-state index in [1.807, 2.05) is 12.1 Å². The van der Waals surface area contributed by atoms with Gasteiger partial charge in [0, 0.05) is 20.9 Å². The Kier molecular flexibility index (Phi) is 5.46. The average molecular weight is 484 g/mol. The van der Waals surface area contributed by atoms with Crippen molar-refractivity contribution in [1.82, 2.24) is 4.57 Å². The van der Waals surface area contributed by atoms with Gasteiger partial charge in [-0.15, -0.1) is 0 Å². The highest BCUT2D eigenvalue weighted by molar-refractivity contribution is 9.10. The Hall–Kier alpha value is -3.50. The van der Waals surface area contributed by atoms with Crippen LogP contribution in [-0.4, -0.2) is 18.8 Å². The summed E-state index contributed by atoms with van der Waals surface area (Å²) in [5.74, 6) is 1.68. The Morgan fingerprint density at radius 3 is 1.56 bits per heavy atom. The van der Waals surface area contributed by atoms with Gasteiger partial charge in [0.15, 0.2) is 0 Å². The van der Waals surface area contributed by atoms with E-state index in [0.29, 0.717) is 0 Å². The number of halogens is 1. The monoisotopic (exact) mass is 483 g/mol. The van der Waals surface area contributed by atoms with Gasteiger partial charge in [-0.25, -0.2) is 0 Å². The Bertz CT molecular complexity index is 1370. The van der Waals surface area contributed by atoms with Crippen molar-refractivity contribution < 1.29 is 9.47 Å². The summed E-state index contributed by atoms with van der Waals surface area (Å²) in [5.41, 5.74) is 5.70. The molecule has 0 amide bonds. The molecule has 0 N–H and O–H groups in total. The lowest BCUT2D eigenvalue weighted by Gasteiger charge is -2.09. The SMILES string of the molecule is COc1ccc2c(c1)c1cc(OC)ccc1n2-c1ccc(C=Cc2ccc(Br)cc2)cc1. The average Bonchev–Trinajstić information content (AvgIpc) is 3.16. The van der Waals surface area contributed by atoms with Crippen LogP contribution in [0.15, 0.2) is 89.4 Å². The third-order valence-electron chi connectivity index (χ3n) is 5.67. The maximum Gasteiger partial charge on any atom is 0.119 e. The van der Waals surface area contributed by atoms with E-state index >= 15 is 0 Å². The minimum absolute atomic E-state index is 0.841. The lowest BCUT2D eigenvalue weighted by atomic mass is 10.1. The number of aromatic nitrogens is 1. The Labute approximate surface area is 195 Å². The van der Waals surface area contributed by atoms with Crippen molar-refractivity contribution in [2.75, 3.05) is 14.2 Å². The van der Waals surface area contributed by atoms with Gasteiger partial charge in [0.2, 0.25) is 0 Å². The fourth-order valence-electron chi connectivity index (χ4n) is 4.01. The van der Waals surface area contributed by atoms with Crippen molar-refractivity contribution in [3.8, 4) is 17.2 Å². The largest absolute Gasteiger partial charge is 0.497 e. The van der Waals surface area contributed by atoms with Gasteiger partial charge in [-0.3, -0.25) is 0 Å². The van der Waals surface area contributed by atoms with Gasteiger partial charge in [-0.1, -0.05) is 52.3 Å². The van der Waals surface area contributed by atoms with Crippen LogP contribution in [0.5, 0.6) is 11.5 Å². The standard InChI is InChI=1S/C28H22BrNO2/c1-31-23-13-15-27-25(17-23)26-18-24(32-2)14-16-28(26)30(27)22-11-7-20(8-12-22)4-3-19-5-9-21(29)10-6-19/h3-18H,1-2H3.